The highest BCUT2D eigenvalue weighted by Crippen LogP contribution is 2.29. The van der Waals surface area contributed by atoms with Crippen LogP contribution in [0, 0.1) is 6.92 Å². The topological polar surface area (TPSA) is 92.5 Å². The highest BCUT2D eigenvalue weighted by atomic mass is 35.5. The molecular formula is C24H26ClN3O4S. The number of nitrogens with one attached hydrogen (secondary N) is 1. The lowest BCUT2D eigenvalue weighted by Gasteiger charge is -2.26. The number of anilines is 1. The van der Waals surface area contributed by atoms with Crippen molar-refractivity contribution in [1.29, 1.82) is 0 Å². The Morgan fingerprint density at radius 1 is 1.12 bits per heavy atom. The second-order valence-corrected chi connectivity index (χ2v) is 10.5. The molecule has 0 atom stereocenters. The van der Waals surface area contributed by atoms with Crippen LogP contribution in [0.25, 0.3) is 11.3 Å². The van der Waals surface area contributed by atoms with Crippen LogP contribution in [0.2, 0.25) is 5.02 Å². The lowest BCUT2D eigenvalue weighted by atomic mass is 10.1. The number of aromatic nitrogens is 1. The number of aryl methyl sites for hydroxylation is 2. The molecule has 1 amide bonds. The SMILES string of the molecule is Cc1ccc(-c2cnc(CCC(=O)Nc3ccc(Cl)c(S(=O)(=O)N4CCCCC4)c3)o2)cc1. The molecular weight excluding hydrogens is 462 g/mol. The van der Waals surface area contributed by atoms with Crippen molar-refractivity contribution in [3.63, 3.8) is 0 Å². The quantitative estimate of drug-likeness (QED) is 0.503. The van der Waals surface area contributed by atoms with E-state index < -0.39 is 10.0 Å². The zero-order valence-electron chi connectivity index (χ0n) is 18.4. The van der Waals surface area contributed by atoms with Gasteiger partial charge in [0.15, 0.2) is 11.7 Å². The molecule has 2 heterocycles. The molecule has 7 nitrogen and oxygen atoms in total. The molecule has 9 heteroatoms. The van der Waals surface area contributed by atoms with Gasteiger partial charge in [-0.05, 0) is 38.0 Å². The van der Waals surface area contributed by atoms with E-state index in [1.165, 1.54) is 16.4 Å². The smallest absolute Gasteiger partial charge is 0.244 e. The second kappa shape index (κ2) is 10.1. The third-order valence-electron chi connectivity index (χ3n) is 5.60. The molecule has 0 spiro atoms. The molecule has 4 rings (SSSR count). The van der Waals surface area contributed by atoms with E-state index in [0.29, 0.717) is 36.8 Å². The van der Waals surface area contributed by atoms with Gasteiger partial charge in [-0.2, -0.15) is 4.31 Å². The Hall–Kier alpha value is -2.68. The van der Waals surface area contributed by atoms with Gasteiger partial charge in [-0.25, -0.2) is 13.4 Å². The van der Waals surface area contributed by atoms with E-state index in [0.717, 1.165) is 30.4 Å². The summed E-state index contributed by atoms with van der Waals surface area (Å²) in [4.78, 5) is 16.7. The Kier molecular flexibility index (Phi) is 7.17. The van der Waals surface area contributed by atoms with E-state index in [1.54, 1.807) is 12.3 Å². The minimum absolute atomic E-state index is 0.0132. The van der Waals surface area contributed by atoms with Crippen LogP contribution in [-0.4, -0.2) is 36.7 Å². The molecule has 174 valence electrons. The monoisotopic (exact) mass is 487 g/mol. The Labute approximate surface area is 198 Å². The predicted octanol–water partition coefficient (Wildman–Crippen LogP) is 5.05. The zero-order chi connectivity index (χ0) is 23.4. The number of benzene rings is 2. The average molecular weight is 488 g/mol. The minimum atomic E-state index is -3.71. The van der Waals surface area contributed by atoms with Gasteiger partial charge < -0.3 is 9.73 Å². The van der Waals surface area contributed by atoms with Crippen LogP contribution >= 0.6 is 11.6 Å². The van der Waals surface area contributed by atoms with Crippen molar-refractivity contribution in [3.8, 4) is 11.3 Å². The number of sulfonamides is 1. The maximum atomic E-state index is 13.0. The normalized spacial score (nSPS) is 14.8. The molecule has 2 aromatic carbocycles. The van der Waals surface area contributed by atoms with E-state index in [-0.39, 0.29) is 22.2 Å². The first kappa shape index (κ1) is 23.5. The van der Waals surface area contributed by atoms with Crippen LogP contribution in [-0.2, 0) is 21.2 Å². The van der Waals surface area contributed by atoms with Gasteiger partial charge in [0, 0.05) is 37.2 Å². The van der Waals surface area contributed by atoms with Crippen LogP contribution in [0.4, 0.5) is 5.69 Å². The fourth-order valence-corrected chi connectivity index (χ4v) is 5.76. The Morgan fingerprint density at radius 3 is 2.58 bits per heavy atom. The highest BCUT2D eigenvalue weighted by Gasteiger charge is 2.28. The number of halogens is 1. The molecule has 3 aromatic rings. The molecule has 33 heavy (non-hydrogen) atoms. The van der Waals surface area contributed by atoms with Gasteiger partial charge in [-0.1, -0.05) is 47.9 Å². The maximum Gasteiger partial charge on any atom is 0.244 e. The minimum Gasteiger partial charge on any atom is -0.441 e. The molecule has 1 aromatic heterocycles. The number of carbonyl (C=O) groups is 1. The van der Waals surface area contributed by atoms with Gasteiger partial charge >= 0.3 is 0 Å². The number of amides is 1. The summed E-state index contributed by atoms with van der Waals surface area (Å²) < 4.78 is 33.2. The summed E-state index contributed by atoms with van der Waals surface area (Å²) >= 11 is 6.20. The lowest BCUT2D eigenvalue weighted by molar-refractivity contribution is -0.116. The van der Waals surface area contributed by atoms with E-state index in [2.05, 4.69) is 10.3 Å². The third-order valence-corrected chi connectivity index (χ3v) is 7.98. The van der Waals surface area contributed by atoms with Gasteiger partial charge in [0.05, 0.1) is 11.2 Å². The van der Waals surface area contributed by atoms with Crippen molar-refractivity contribution in [1.82, 2.24) is 9.29 Å². The molecule has 0 radical (unpaired) electrons. The molecule has 0 aliphatic carbocycles. The van der Waals surface area contributed by atoms with Crippen molar-refractivity contribution >= 4 is 33.2 Å². The molecule has 1 N–H and O–H groups in total. The van der Waals surface area contributed by atoms with Gasteiger partial charge in [0.1, 0.15) is 4.90 Å². The van der Waals surface area contributed by atoms with Gasteiger partial charge in [0.2, 0.25) is 15.9 Å². The summed E-state index contributed by atoms with van der Waals surface area (Å²) in [5.41, 5.74) is 2.46. The summed E-state index contributed by atoms with van der Waals surface area (Å²) in [7, 11) is -3.71. The van der Waals surface area contributed by atoms with Crippen molar-refractivity contribution in [2.75, 3.05) is 18.4 Å². The molecule has 1 aliphatic heterocycles. The fraction of sp³-hybridized carbons (Fsp3) is 0.333. The molecule has 0 unspecified atom stereocenters. The predicted molar refractivity (Wildman–Crippen MR) is 128 cm³/mol. The van der Waals surface area contributed by atoms with Crippen LogP contribution in [0.3, 0.4) is 0 Å². The number of hydrogen-bond acceptors (Lipinski definition) is 5. The number of rotatable bonds is 7. The highest BCUT2D eigenvalue weighted by molar-refractivity contribution is 7.89. The fourth-order valence-electron chi connectivity index (χ4n) is 3.74. The van der Waals surface area contributed by atoms with Crippen molar-refractivity contribution in [2.45, 2.75) is 43.9 Å². The van der Waals surface area contributed by atoms with Crippen LogP contribution in [0.15, 0.2) is 58.0 Å². The molecule has 1 saturated heterocycles. The molecule has 1 aliphatic rings. The Bertz CT molecular complexity index is 1230. The first-order valence-electron chi connectivity index (χ1n) is 10.9. The average Bonchev–Trinajstić information content (AvgIpc) is 3.29. The largest absolute Gasteiger partial charge is 0.441 e. The number of piperidine rings is 1. The van der Waals surface area contributed by atoms with Crippen molar-refractivity contribution in [3.05, 3.63) is 65.1 Å². The molecule has 0 bridgehead atoms. The van der Waals surface area contributed by atoms with Crippen LogP contribution in [0.1, 0.15) is 37.1 Å². The third kappa shape index (κ3) is 5.63. The second-order valence-electron chi connectivity index (χ2n) is 8.14. The Balaban J connectivity index is 1.39. The standard InChI is InChI=1S/C24H26ClN3O4S/c1-17-5-7-18(8-6-17)21-16-26-24(32-21)12-11-23(29)27-19-9-10-20(25)22(15-19)33(30,31)28-13-3-2-4-14-28/h5-10,15-16H,2-4,11-14H2,1H3,(H,27,29). The summed E-state index contributed by atoms with van der Waals surface area (Å²) in [6, 6.07) is 12.4. The molecule has 0 saturated carbocycles. The summed E-state index contributed by atoms with van der Waals surface area (Å²) in [5, 5.41) is 2.89. The maximum absolute atomic E-state index is 13.0. The first-order chi connectivity index (χ1) is 15.8. The van der Waals surface area contributed by atoms with Crippen LogP contribution < -0.4 is 5.32 Å². The van der Waals surface area contributed by atoms with E-state index in [9.17, 15) is 13.2 Å². The number of carbonyl (C=O) groups excluding carboxylic acids is 1. The van der Waals surface area contributed by atoms with E-state index >= 15 is 0 Å². The number of nitrogens with zero attached hydrogens (tertiary/aromatic N) is 2. The summed E-state index contributed by atoms with van der Waals surface area (Å²) in [5.74, 6) is 0.842. The number of hydrogen-bond donors (Lipinski definition) is 1. The zero-order valence-corrected chi connectivity index (χ0v) is 20.0. The van der Waals surface area contributed by atoms with Crippen LogP contribution in [0.5, 0.6) is 0 Å². The number of oxazole rings is 1. The molecule has 1 fully saturated rings. The van der Waals surface area contributed by atoms with E-state index in [4.69, 9.17) is 16.0 Å². The van der Waals surface area contributed by atoms with E-state index in [1.807, 2.05) is 31.2 Å². The lowest BCUT2D eigenvalue weighted by Crippen LogP contribution is -2.35. The Morgan fingerprint density at radius 2 is 1.85 bits per heavy atom. The first-order valence-corrected chi connectivity index (χ1v) is 12.8. The van der Waals surface area contributed by atoms with Crippen molar-refractivity contribution < 1.29 is 17.6 Å². The van der Waals surface area contributed by atoms with Crippen molar-refractivity contribution in [2.24, 2.45) is 0 Å². The summed E-state index contributed by atoms with van der Waals surface area (Å²) in [6.07, 6.45) is 4.80. The summed E-state index contributed by atoms with van der Waals surface area (Å²) in [6.45, 7) is 2.98. The van der Waals surface area contributed by atoms with Gasteiger partial charge in [0.25, 0.3) is 0 Å². The van der Waals surface area contributed by atoms with Gasteiger partial charge in [-0.15, -0.1) is 0 Å². The van der Waals surface area contributed by atoms with Gasteiger partial charge in [-0.3, -0.25) is 4.79 Å².